The van der Waals surface area contributed by atoms with Crippen LogP contribution in [0.5, 0.6) is 0 Å². The lowest BCUT2D eigenvalue weighted by Gasteiger charge is -2.12. The molecule has 0 aromatic heterocycles. The van der Waals surface area contributed by atoms with E-state index in [-0.39, 0.29) is 0 Å². The van der Waals surface area contributed by atoms with E-state index in [1.165, 1.54) is 17.9 Å². The molecule has 2 unspecified atom stereocenters. The number of fused-ring (bicyclic) bond motifs is 1. The van der Waals surface area contributed by atoms with Gasteiger partial charge in [-0.05, 0) is 24.3 Å². The lowest BCUT2D eigenvalue weighted by molar-refractivity contribution is -0.119. The van der Waals surface area contributed by atoms with Crippen LogP contribution in [0.3, 0.4) is 0 Å². The van der Waals surface area contributed by atoms with Crippen LogP contribution in [0.15, 0.2) is 0 Å². The zero-order valence-electron chi connectivity index (χ0n) is 6.51. The van der Waals surface area contributed by atoms with E-state index in [0.717, 1.165) is 6.42 Å². The van der Waals surface area contributed by atoms with E-state index in [1.807, 2.05) is 11.8 Å². The SMILES string of the molecule is O=C1CNC2CCSCCC12. The number of thioether (sulfide) groups is 1. The van der Waals surface area contributed by atoms with E-state index in [0.29, 0.717) is 24.3 Å². The van der Waals surface area contributed by atoms with Crippen molar-refractivity contribution in [1.29, 1.82) is 0 Å². The molecule has 2 rings (SSSR count). The second kappa shape index (κ2) is 3.15. The number of carbonyl (C=O) groups excluding carboxylic acids is 1. The van der Waals surface area contributed by atoms with Gasteiger partial charge in [-0.15, -0.1) is 0 Å². The summed E-state index contributed by atoms with van der Waals surface area (Å²) in [6.07, 6.45) is 2.28. The first-order valence-electron chi connectivity index (χ1n) is 4.22. The van der Waals surface area contributed by atoms with Crippen LogP contribution >= 0.6 is 11.8 Å². The van der Waals surface area contributed by atoms with Gasteiger partial charge in [-0.3, -0.25) is 4.79 Å². The second-order valence-electron chi connectivity index (χ2n) is 3.25. The number of ketones is 1. The third kappa shape index (κ3) is 1.44. The lowest BCUT2D eigenvalue weighted by atomic mass is 9.95. The highest BCUT2D eigenvalue weighted by molar-refractivity contribution is 7.99. The first kappa shape index (κ1) is 7.62. The highest BCUT2D eigenvalue weighted by atomic mass is 32.2. The Morgan fingerprint density at radius 1 is 1.36 bits per heavy atom. The fourth-order valence-electron chi connectivity index (χ4n) is 1.92. The Hall–Kier alpha value is -0.0200. The molecule has 2 aliphatic heterocycles. The van der Waals surface area contributed by atoms with Crippen LogP contribution < -0.4 is 5.32 Å². The number of rotatable bonds is 0. The van der Waals surface area contributed by atoms with Gasteiger partial charge in [0.2, 0.25) is 0 Å². The summed E-state index contributed by atoms with van der Waals surface area (Å²) in [5.41, 5.74) is 0. The maximum absolute atomic E-state index is 11.3. The third-order valence-corrected chi connectivity index (χ3v) is 3.63. The average molecular weight is 171 g/mol. The van der Waals surface area contributed by atoms with Crippen LogP contribution in [0.2, 0.25) is 0 Å². The maximum Gasteiger partial charge on any atom is 0.151 e. The van der Waals surface area contributed by atoms with Crippen molar-refractivity contribution < 1.29 is 4.79 Å². The molecule has 0 aromatic rings. The summed E-state index contributed by atoms with van der Waals surface area (Å²) in [6.45, 7) is 0.625. The highest BCUT2D eigenvalue weighted by Crippen LogP contribution is 2.26. The second-order valence-corrected chi connectivity index (χ2v) is 4.47. The first-order valence-corrected chi connectivity index (χ1v) is 5.37. The van der Waals surface area contributed by atoms with Crippen molar-refractivity contribution in [3.05, 3.63) is 0 Å². The summed E-state index contributed by atoms with van der Waals surface area (Å²) in [7, 11) is 0. The molecule has 0 amide bonds. The van der Waals surface area contributed by atoms with E-state index in [2.05, 4.69) is 5.32 Å². The van der Waals surface area contributed by atoms with Gasteiger partial charge < -0.3 is 5.32 Å². The minimum absolute atomic E-state index is 0.352. The van der Waals surface area contributed by atoms with Crippen molar-refractivity contribution >= 4 is 17.5 Å². The molecule has 0 bridgehead atoms. The van der Waals surface area contributed by atoms with Gasteiger partial charge in [0.15, 0.2) is 5.78 Å². The quantitative estimate of drug-likeness (QED) is 0.581. The molecule has 2 fully saturated rings. The molecule has 2 atom stereocenters. The van der Waals surface area contributed by atoms with Crippen LogP contribution in [0.1, 0.15) is 12.8 Å². The third-order valence-electron chi connectivity index (χ3n) is 2.58. The molecule has 0 aromatic carbocycles. The minimum atomic E-state index is 0.352. The van der Waals surface area contributed by atoms with Crippen molar-refractivity contribution in [2.75, 3.05) is 18.1 Å². The molecule has 0 aliphatic carbocycles. The van der Waals surface area contributed by atoms with Crippen molar-refractivity contribution in [2.45, 2.75) is 18.9 Å². The lowest BCUT2D eigenvalue weighted by Crippen LogP contribution is -2.26. The number of Topliss-reactive ketones (excluding diaryl/α,β-unsaturated/α-hetero) is 1. The molecular formula is C8H13NOS. The van der Waals surface area contributed by atoms with Gasteiger partial charge in [-0.2, -0.15) is 11.8 Å². The largest absolute Gasteiger partial charge is 0.306 e. The van der Waals surface area contributed by atoms with Crippen molar-refractivity contribution in [3.63, 3.8) is 0 Å². The first-order chi connectivity index (χ1) is 5.38. The fourth-order valence-corrected chi connectivity index (χ4v) is 2.96. The molecule has 0 spiro atoms. The van der Waals surface area contributed by atoms with Crippen LogP contribution in [0, 0.1) is 5.92 Å². The Bertz CT molecular complexity index is 171. The predicted octanol–water partition coefficient (Wildman–Crippen LogP) is 0.671. The standard InChI is InChI=1S/C8H13NOS/c10-8-5-9-7-2-4-11-3-1-6(7)8/h6-7,9H,1-5H2. The molecule has 2 aliphatic rings. The topological polar surface area (TPSA) is 29.1 Å². The Morgan fingerprint density at radius 3 is 3.09 bits per heavy atom. The van der Waals surface area contributed by atoms with Crippen LogP contribution in [-0.2, 0) is 4.79 Å². The van der Waals surface area contributed by atoms with E-state index in [1.54, 1.807) is 0 Å². The van der Waals surface area contributed by atoms with E-state index in [4.69, 9.17) is 0 Å². The van der Waals surface area contributed by atoms with Crippen LogP contribution in [0.25, 0.3) is 0 Å². The molecule has 1 N–H and O–H groups in total. The monoisotopic (exact) mass is 171 g/mol. The van der Waals surface area contributed by atoms with Crippen LogP contribution in [-0.4, -0.2) is 29.9 Å². The van der Waals surface area contributed by atoms with Gasteiger partial charge in [0.25, 0.3) is 0 Å². The number of hydrogen-bond donors (Lipinski definition) is 1. The summed E-state index contributed by atoms with van der Waals surface area (Å²) in [4.78, 5) is 11.3. The molecule has 2 saturated heterocycles. The van der Waals surface area contributed by atoms with Crippen molar-refractivity contribution in [3.8, 4) is 0 Å². The Labute approximate surface area is 71.1 Å². The van der Waals surface area contributed by atoms with Crippen molar-refractivity contribution in [2.24, 2.45) is 5.92 Å². The van der Waals surface area contributed by atoms with Gasteiger partial charge in [0, 0.05) is 12.0 Å². The molecular weight excluding hydrogens is 158 g/mol. The Kier molecular flexibility index (Phi) is 2.18. The summed E-state index contributed by atoms with van der Waals surface area (Å²) < 4.78 is 0. The zero-order valence-corrected chi connectivity index (χ0v) is 7.32. The smallest absolute Gasteiger partial charge is 0.151 e. The van der Waals surface area contributed by atoms with Gasteiger partial charge in [0.05, 0.1) is 6.54 Å². The van der Waals surface area contributed by atoms with Gasteiger partial charge in [-0.25, -0.2) is 0 Å². The Balaban J connectivity index is 2.06. The predicted molar refractivity (Wildman–Crippen MR) is 46.8 cm³/mol. The molecule has 0 radical (unpaired) electrons. The maximum atomic E-state index is 11.3. The average Bonchev–Trinajstić information content (AvgIpc) is 2.25. The summed E-state index contributed by atoms with van der Waals surface area (Å²) in [5.74, 6) is 3.19. The van der Waals surface area contributed by atoms with E-state index < -0.39 is 0 Å². The minimum Gasteiger partial charge on any atom is -0.306 e. The van der Waals surface area contributed by atoms with Gasteiger partial charge in [-0.1, -0.05) is 0 Å². The highest BCUT2D eigenvalue weighted by Gasteiger charge is 2.34. The summed E-state index contributed by atoms with van der Waals surface area (Å²) in [5, 5.41) is 3.29. The van der Waals surface area contributed by atoms with Gasteiger partial charge >= 0.3 is 0 Å². The summed E-state index contributed by atoms with van der Waals surface area (Å²) in [6, 6.07) is 0.512. The van der Waals surface area contributed by atoms with E-state index in [9.17, 15) is 4.79 Å². The number of nitrogens with one attached hydrogen (secondary N) is 1. The normalized spacial score (nSPS) is 38.4. The molecule has 11 heavy (non-hydrogen) atoms. The fraction of sp³-hybridized carbons (Fsp3) is 0.875. The van der Waals surface area contributed by atoms with Crippen molar-refractivity contribution in [1.82, 2.24) is 5.32 Å². The Morgan fingerprint density at radius 2 is 2.18 bits per heavy atom. The molecule has 3 heteroatoms. The molecule has 2 heterocycles. The zero-order chi connectivity index (χ0) is 7.68. The van der Waals surface area contributed by atoms with E-state index >= 15 is 0 Å². The number of hydrogen-bond acceptors (Lipinski definition) is 3. The number of carbonyl (C=O) groups is 1. The van der Waals surface area contributed by atoms with Crippen LogP contribution in [0.4, 0.5) is 0 Å². The molecule has 0 saturated carbocycles. The van der Waals surface area contributed by atoms with Gasteiger partial charge in [0.1, 0.15) is 0 Å². The summed E-state index contributed by atoms with van der Waals surface area (Å²) >= 11 is 1.98. The molecule has 62 valence electrons. The molecule has 2 nitrogen and oxygen atoms in total.